The normalized spacial score (nSPS) is 14.2. The maximum atomic E-state index is 11.7. The van der Waals surface area contributed by atoms with Gasteiger partial charge in [0.1, 0.15) is 11.9 Å². The molecule has 3 atom stereocenters. The first-order valence-corrected chi connectivity index (χ1v) is 10.8. The van der Waals surface area contributed by atoms with Gasteiger partial charge in [-0.25, -0.2) is 4.98 Å². The number of thiol groups is 1. The van der Waals surface area contributed by atoms with Crippen LogP contribution in [-0.2, 0) is 24.2 Å². The Balaban J connectivity index is 1.66. The van der Waals surface area contributed by atoms with E-state index in [1.165, 1.54) is 0 Å². The summed E-state index contributed by atoms with van der Waals surface area (Å²) < 4.78 is 0. The molecule has 5 nitrogen and oxygen atoms in total. The van der Waals surface area contributed by atoms with E-state index in [2.05, 4.69) is 27.9 Å². The minimum absolute atomic E-state index is 0.0570. The van der Waals surface area contributed by atoms with Gasteiger partial charge in [-0.15, -0.1) is 0 Å². The molecule has 0 aliphatic heterocycles. The predicted octanol–water partition coefficient (Wildman–Crippen LogP) is 4.49. The van der Waals surface area contributed by atoms with Crippen molar-refractivity contribution in [1.82, 2.24) is 15.3 Å². The summed E-state index contributed by atoms with van der Waals surface area (Å²) in [5.74, 6) is 0.00453. The first-order valence-electron chi connectivity index (χ1n) is 9.89. The van der Waals surface area contributed by atoms with Crippen LogP contribution in [0.15, 0.2) is 60.8 Å². The molecule has 0 amide bonds. The lowest BCUT2D eigenvalue weighted by molar-refractivity contribution is -0.139. The molecule has 0 spiro atoms. The van der Waals surface area contributed by atoms with E-state index in [1.54, 1.807) is 6.20 Å². The van der Waals surface area contributed by atoms with Crippen LogP contribution in [0.3, 0.4) is 0 Å². The molecule has 2 unspecified atom stereocenters. The van der Waals surface area contributed by atoms with E-state index >= 15 is 0 Å². The molecular weight excluding hydrogens is 418 g/mol. The summed E-state index contributed by atoms with van der Waals surface area (Å²) in [6.07, 6.45) is 2.88. The molecule has 0 aliphatic carbocycles. The zero-order valence-electron chi connectivity index (χ0n) is 16.8. The number of rotatable bonds is 10. The van der Waals surface area contributed by atoms with E-state index < -0.39 is 12.0 Å². The zero-order valence-corrected chi connectivity index (χ0v) is 18.4. The number of carboxylic acids is 1. The van der Waals surface area contributed by atoms with Crippen LogP contribution in [0.25, 0.3) is 0 Å². The highest BCUT2D eigenvalue weighted by molar-refractivity contribution is 7.81. The molecule has 0 aliphatic rings. The molecule has 30 heavy (non-hydrogen) atoms. The number of carboxylic acid groups (broad SMARTS) is 1. The van der Waals surface area contributed by atoms with Crippen LogP contribution in [-0.4, -0.2) is 32.3 Å². The predicted molar refractivity (Wildman–Crippen MR) is 123 cm³/mol. The monoisotopic (exact) mass is 443 g/mol. The Hall–Kier alpha value is -2.28. The van der Waals surface area contributed by atoms with Gasteiger partial charge in [-0.2, -0.15) is 12.6 Å². The molecule has 0 radical (unpaired) electrons. The third kappa shape index (κ3) is 6.11. The Morgan fingerprint density at radius 2 is 1.87 bits per heavy atom. The van der Waals surface area contributed by atoms with Gasteiger partial charge >= 0.3 is 5.97 Å². The van der Waals surface area contributed by atoms with Crippen molar-refractivity contribution in [2.75, 3.05) is 0 Å². The van der Waals surface area contributed by atoms with Gasteiger partial charge in [0.25, 0.3) is 0 Å². The number of carbonyl (C=O) groups is 1. The van der Waals surface area contributed by atoms with Gasteiger partial charge in [0, 0.05) is 34.6 Å². The lowest BCUT2D eigenvalue weighted by atomic mass is 9.96. The summed E-state index contributed by atoms with van der Waals surface area (Å²) in [7, 11) is 0. The average Bonchev–Trinajstić information content (AvgIpc) is 3.19. The summed E-state index contributed by atoms with van der Waals surface area (Å²) in [6.45, 7) is 2.42. The fraction of sp³-hybridized carbons (Fsp3) is 0.304. The van der Waals surface area contributed by atoms with E-state index in [9.17, 15) is 9.90 Å². The van der Waals surface area contributed by atoms with E-state index in [0.717, 1.165) is 34.1 Å². The van der Waals surface area contributed by atoms with Crippen LogP contribution in [0, 0.1) is 0 Å². The quantitative estimate of drug-likeness (QED) is 0.348. The van der Waals surface area contributed by atoms with Crippen LogP contribution >= 0.6 is 24.2 Å². The molecule has 3 aromatic rings. The number of nitrogens with one attached hydrogen (secondary N) is 2. The largest absolute Gasteiger partial charge is 0.480 e. The van der Waals surface area contributed by atoms with Crippen molar-refractivity contribution in [2.24, 2.45) is 0 Å². The minimum Gasteiger partial charge on any atom is -0.480 e. The third-order valence-corrected chi connectivity index (χ3v) is 5.83. The molecule has 2 aromatic carbocycles. The van der Waals surface area contributed by atoms with Gasteiger partial charge in [-0.05, 0) is 30.0 Å². The SMILES string of the molecule is CC(S)C(Cc1ccccc1Cl)c1ncc(CN[C@@H](Cc2ccccc2)C(=O)O)[nH]1. The van der Waals surface area contributed by atoms with E-state index in [1.807, 2.05) is 61.5 Å². The lowest BCUT2D eigenvalue weighted by Crippen LogP contribution is -2.38. The highest BCUT2D eigenvalue weighted by Crippen LogP contribution is 2.28. The number of nitrogens with zero attached hydrogens (tertiary/aromatic N) is 1. The van der Waals surface area contributed by atoms with Crippen LogP contribution in [0.2, 0.25) is 5.02 Å². The van der Waals surface area contributed by atoms with Crippen LogP contribution in [0.4, 0.5) is 0 Å². The van der Waals surface area contributed by atoms with Gasteiger partial charge in [-0.1, -0.05) is 67.1 Å². The Kier molecular flexibility index (Phi) is 7.96. The Labute approximate surface area is 187 Å². The second kappa shape index (κ2) is 10.7. The second-order valence-electron chi connectivity index (χ2n) is 7.40. The van der Waals surface area contributed by atoms with Crippen LogP contribution < -0.4 is 5.32 Å². The maximum absolute atomic E-state index is 11.7. The van der Waals surface area contributed by atoms with Crippen molar-refractivity contribution in [3.63, 3.8) is 0 Å². The molecule has 158 valence electrons. The van der Waals surface area contributed by atoms with Gasteiger partial charge in [0.2, 0.25) is 0 Å². The van der Waals surface area contributed by atoms with Crippen LogP contribution in [0.5, 0.6) is 0 Å². The molecule has 1 heterocycles. The number of H-pyrrole nitrogens is 1. The standard InChI is InChI=1S/C23H26ClN3O2S/c1-15(30)19(12-17-9-5-6-10-20(17)24)22-26-14-18(27-22)13-25-21(23(28)29)11-16-7-3-2-4-8-16/h2-10,14-15,19,21,25,30H,11-13H2,1H3,(H,26,27)(H,28,29)/t15?,19?,21-/m0/s1. The fourth-order valence-electron chi connectivity index (χ4n) is 3.38. The summed E-state index contributed by atoms with van der Waals surface area (Å²) >= 11 is 11.0. The highest BCUT2D eigenvalue weighted by atomic mass is 35.5. The molecule has 3 rings (SSSR count). The van der Waals surface area contributed by atoms with Crippen molar-refractivity contribution < 1.29 is 9.90 Å². The molecule has 1 aromatic heterocycles. The molecule has 7 heteroatoms. The van der Waals surface area contributed by atoms with Crippen LogP contribution in [0.1, 0.15) is 35.5 Å². The Morgan fingerprint density at radius 3 is 2.53 bits per heavy atom. The molecular formula is C23H26ClN3O2S. The number of hydrogen-bond donors (Lipinski definition) is 4. The van der Waals surface area contributed by atoms with E-state index in [-0.39, 0.29) is 11.2 Å². The topological polar surface area (TPSA) is 78.0 Å². The summed E-state index contributed by atoms with van der Waals surface area (Å²) in [5, 5.41) is 13.5. The number of aromatic amines is 1. The van der Waals surface area contributed by atoms with Gasteiger partial charge < -0.3 is 10.1 Å². The molecule has 0 saturated heterocycles. The van der Waals surface area contributed by atoms with Gasteiger partial charge in [0.05, 0.1) is 0 Å². The molecule has 0 bridgehead atoms. The van der Waals surface area contributed by atoms with Crippen molar-refractivity contribution in [3.05, 3.63) is 88.5 Å². The summed E-state index contributed by atoms with van der Waals surface area (Å²) in [6, 6.07) is 16.7. The second-order valence-corrected chi connectivity index (χ2v) is 8.62. The summed E-state index contributed by atoms with van der Waals surface area (Å²) in [4.78, 5) is 19.5. The van der Waals surface area contributed by atoms with Crippen molar-refractivity contribution in [3.8, 4) is 0 Å². The number of aliphatic carboxylic acids is 1. The third-order valence-electron chi connectivity index (χ3n) is 5.10. The molecule has 3 N–H and O–H groups in total. The minimum atomic E-state index is -0.876. The number of benzene rings is 2. The Bertz CT molecular complexity index is 962. The molecule has 0 fully saturated rings. The number of halogens is 1. The summed E-state index contributed by atoms with van der Waals surface area (Å²) in [5.41, 5.74) is 2.86. The van der Waals surface area contributed by atoms with E-state index in [4.69, 9.17) is 11.6 Å². The van der Waals surface area contributed by atoms with Gasteiger partial charge in [0.15, 0.2) is 0 Å². The average molecular weight is 444 g/mol. The first-order chi connectivity index (χ1) is 14.4. The number of hydrogen-bond acceptors (Lipinski definition) is 4. The van der Waals surface area contributed by atoms with Crippen molar-refractivity contribution in [1.29, 1.82) is 0 Å². The van der Waals surface area contributed by atoms with Crippen molar-refractivity contribution in [2.45, 2.75) is 43.5 Å². The zero-order chi connectivity index (χ0) is 21.5. The maximum Gasteiger partial charge on any atom is 0.321 e. The first kappa shape index (κ1) is 22.4. The smallest absolute Gasteiger partial charge is 0.321 e. The number of imidazole rings is 1. The Morgan fingerprint density at radius 1 is 1.17 bits per heavy atom. The van der Waals surface area contributed by atoms with E-state index in [0.29, 0.717) is 13.0 Å². The van der Waals surface area contributed by atoms with Gasteiger partial charge in [-0.3, -0.25) is 10.1 Å². The highest BCUT2D eigenvalue weighted by Gasteiger charge is 2.22. The van der Waals surface area contributed by atoms with Crippen molar-refractivity contribution >= 4 is 30.2 Å². The number of aromatic nitrogens is 2. The molecule has 0 saturated carbocycles. The lowest BCUT2D eigenvalue weighted by Gasteiger charge is -2.19. The fourth-order valence-corrected chi connectivity index (χ4v) is 3.84.